The van der Waals surface area contributed by atoms with Gasteiger partial charge in [0.2, 0.25) is 0 Å². The van der Waals surface area contributed by atoms with Gasteiger partial charge in [0.1, 0.15) is 13.2 Å². The van der Waals surface area contributed by atoms with E-state index in [2.05, 4.69) is 154 Å². The SMILES string of the molecule is CC/C=C\C/C=C\C/C=C\C/C=C\C/C=C\C/C=C\C/C=C\C/C=C\C/C=C\CCCCCC(=O)OCC(COC(=O)CCCCCCC)OC(=O)CCCCCCCCCCCCCCCCCCC/C=C\C/C=C\CCCCCCC. The molecule has 0 aliphatic carbocycles. The molecule has 472 valence electrons. The van der Waals surface area contributed by atoms with Gasteiger partial charge in [0.25, 0.3) is 0 Å². The molecule has 0 saturated carbocycles. The molecule has 1 atom stereocenters. The summed E-state index contributed by atoms with van der Waals surface area (Å²) < 4.78 is 16.8. The fourth-order valence-electron chi connectivity index (χ4n) is 9.47. The molecule has 0 aliphatic rings. The molecule has 0 N–H and O–H groups in total. The van der Waals surface area contributed by atoms with Crippen LogP contribution in [-0.2, 0) is 28.6 Å². The molecule has 1 unspecified atom stereocenters. The number of ether oxygens (including phenoxy) is 3. The molecule has 6 nitrogen and oxygen atoms in total. The first-order chi connectivity index (χ1) is 41.0. The largest absolute Gasteiger partial charge is 0.462 e. The summed E-state index contributed by atoms with van der Waals surface area (Å²) in [5, 5.41) is 0. The molecule has 0 heterocycles. The van der Waals surface area contributed by atoms with Gasteiger partial charge in [-0.05, 0) is 122 Å². The Kier molecular flexibility index (Phi) is 66.3. The van der Waals surface area contributed by atoms with Crippen molar-refractivity contribution in [3.63, 3.8) is 0 Å². The highest BCUT2D eigenvalue weighted by Gasteiger charge is 2.19. The van der Waals surface area contributed by atoms with Gasteiger partial charge in [-0.15, -0.1) is 0 Å². The third-order valence-corrected chi connectivity index (χ3v) is 14.6. The molecule has 0 aromatic rings. The van der Waals surface area contributed by atoms with Crippen LogP contribution in [0.15, 0.2) is 134 Å². The summed E-state index contributed by atoms with van der Waals surface area (Å²) in [6.45, 7) is 6.42. The van der Waals surface area contributed by atoms with Crippen molar-refractivity contribution in [3.8, 4) is 0 Å². The molecule has 83 heavy (non-hydrogen) atoms. The number of unbranched alkanes of at least 4 members (excludes halogenated alkanes) is 29. The molecule has 0 amide bonds. The molecule has 0 aromatic carbocycles. The smallest absolute Gasteiger partial charge is 0.306 e. The van der Waals surface area contributed by atoms with Gasteiger partial charge in [-0.3, -0.25) is 14.4 Å². The van der Waals surface area contributed by atoms with Crippen LogP contribution in [0.5, 0.6) is 0 Å². The van der Waals surface area contributed by atoms with Crippen LogP contribution in [0.4, 0.5) is 0 Å². The predicted octanol–water partition coefficient (Wildman–Crippen LogP) is 24.1. The van der Waals surface area contributed by atoms with E-state index in [1.165, 1.54) is 135 Å². The van der Waals surface area contributed by atoms with Crippen LogP contribution in [-0.4, -0.2) is 37.2 Å². The minimum atomic E-state index is -0.792. The van der Waals surface area contributed by atoms with Gasteiger partial charge in [-0.2, -0.15) is 0 Å². The number of allylic oxidation sites excluding steroid dienone is 22. The number of hydrogen-bond donors (Lipinski definition) is 0. The van der Waals surface area contributed by atoms with Crippen molar-refractivity contribution in [3.05, 3.63) is 134 Å². The molecule has 0 saturated heterocycles. The van der Waals surface area contributed by atoms with Crippen molar-refractivity contribution in [1.82, 2.24) is 0 Å². The molecule has 6 heteroatoms. The highest BCUT2D eigenvalue weighted by molar-refractivity contribution is 5.71. The quantitative estimate of drug-likeness (QED) is 0.0261. The van der Waals surface area contributed by atoms with Crippen molar-refractivity contribution >= 4 is 17.9 Å². The fourth-order valence-corrected chi connectivity index (χ4v) is 9.47. The van der Waals surface area contributed by atoms with E-state index in [4.69, 9.17) is 14.2 Å². The van der Waals surface area contributed by atoms with Crippen molar-refractivity contribution < 1.29 is 28.6 Å². The summed E-state index contributed by atoms with van der Waals surface area (Å²) in [6.07, 6.45) is 99.6. The highest BCUT2D eigenvalue weighted by atomic mass is 16.6. The maximum Gasteiger partial charge on any atom is 0.306 e. The van der Waals surface area contributed by atoms with Gasteiger partial charge in [-0.25, -0.2) is 0 Å². The Labute approximate surface area is 513 Å². The lowest BCUT2D eigenvalue weighted by atomic mass is 10.0. The zero-order chi connectivity index (χ0) is 59.9. The van der Waals surface area contributed by atoms with E-state index in [0.29, 0.717) is 19.3 Å². The Morgan fingerprint density at radius 3 is 0.747 bits per heavy atom. The number of esters is 3. The second-order valence-electron chi connectivity index (χ2n) is 22.7. The first-order valence-electron chi connectivity index (χ1n) is 34.7. The lowest BCUT2D eigenvalue weighted by Gasteiger charge is -2.18. The standard InChI is InChI=1S/C77H128O6/c1-4-7-10-13-15-17-19-21-23-25-27-29-31-33-35-37-38-40-41-43-45-47-49-51-53-55-57-59-61-64-67-70-76(79)82-73-74(72-81-75(78)69-66-63-12-9-6-3)83-77(80)71-68-65-62-60-58-56-54-52-50-48-46-44-42-39-36-34-32-30-28-26-24-22-20-18-16-14-11-8-5-2/h7,10,15,17,20-23,26-29,33,35,38,40,43,45,49,51,55,57,74H,4-6,8-9,11-14,16,18-19,24-25,30-32,34,36-37,39,41-42,44,46-48,50,52-54,56,58-73H2,1-3H3/b10-7-,17-15-,22-20-,23-21-,28-26-,29-27-,35-33-,40-38-,45-43-,51-49-,57-55-. The summed E-state index contributed by atoms with van der Waals surface area (Å²) in [5.41, 5.74) is 0. The predicted molar refractivity (Wildman–Crippen MR) is 362 cm³/mol. The van der Waals surface area contributed by atoms with E-state index in [9.17, 15) is 14.4 Å². The average Bonchev–Trinajstić information content (AvgIpc) is 3.49. The van der Waals surface area contributed by atoms with E-state index in [1.807, 2.05) is 0 Å². The topological polar surface area (TPSA) is 78.9 Å². The van der Waals surface area contributed by atoms with Crippen molar-refractivity contribution in [2.45, 2.75) is 322 Å². The van der Waals surface area contributed by atoms with E-state index in [-0.39, 0.29) is 31.1 Å². The summed E-state index contributed by atoms with van der Waals surface area (Å²) in [7, 11) is 0. The Hall–Kier alpha value is -4.45. The summed E-state index contributed by atoms with van der Waals surface area (Å²) >= 11 is 0. The molecule has 0 fully saturated rings. The summed E-state index contributed by atoms with van der Waals surface area (Å²) in [6, 6.07) is 0. The minimum Gasteiger partial charge on any atom is -0.462 e. The van der Waals surface area contributed by atoms with E-state index in [0.717, 1.165) is 141 Å². The maximum absolute atomic E-state index is 12.9. The number of carbonyl (C=O) groups is 3. The highest BCUT2D eigenvalue weighted by Crippen LogP contribution is 2.16. The van der Waals surface area contributed by atoms with Gasteiger partial charge in [0.15, 0.2) is 6.10 Å². The summed E-state index contributed by atoms with van der Waals surface area (Å²) in [5.74, 6) is -0.934. The van der Waals surface area contributed by atoms with Crippen molar-refractivity contribution in [2.75, 3.05) is 13.2 Å². The number of rotatable bonds is 62. The van der Waals surface area contributed by atoms with Crippen LogP contribution < -0.4 is 0 Å². The Balaban J connectivity index is 4.09. The van der Waals surface area contributed by atoms with Gasteiger partial charge in [-0.1, -0.05) is 309 Å². The zero-order valence-electron chi connectivity index (χ0n) is 54.2. The monoisotopic (exact) mass is 1150 g/mol. The molecule has 0 aromatic heterocycles. The van der Waals surface area contributed by atoms with Crippen LogP contribution in [0, 0.1) is 0 Å². The molecule has 0 spiro atoms. The van der Waals surface area contributed by atoms with Gasteiger partial charge < -0.3 is 14.2 Å². The second-order valence-corrected chi connectivity index (χ2v) is 22.7. The third kappa shape index (κ3) is 68.2. The van der Waals surface area contributed by atoms with Crippen LogP contribution in [0.25, 0.3) is 0 Å². The van der Waals surface area contributed by atoms with E-state index in [1.54, 1.807) is 0 Å². The molecule has 0 rings (SSSR count). The van der Waals surface area contributed by atoms with Crippen molar-refractivity contribution in [1.29, 1.82) is 0 Å². The van der Waals surface area contributed by atoms with Gasteiger partial charge >= 0.3 is 17.9 Å². The lowest BCUT2D eigenvalue weighted by molar-refractivity contribution is -0.167. The molecule has 0 bridgehead atoms. The Morgan fingerprint density at radius 2 is 0.470 bits per heavy atom. The average molecular weight is 1150 g/mol. The van der Waals surface area contributed by atoms with E-state index >= 15 is 0 Å². The van der Waals surface area contributed by atoms with Crippen molar-refractivity contribution in [2.24, 2.45) is 0 Å². The Bertz CT molecular complexity index is 1750. The lowest BCUT2D eigenvalue weighted by Crippen LogP contribution is -2.30. The normalized spacial score (nSPS) is 13.0. The molecular formula is C77H128O6. The first-order valence-corrected chi connectivity index (χ1v) is 34.7. The van der Waals surface area contributed by atoms with Crippen LogP contribution >= 0.6 is 0 Å². The fraction of sp³-hybridized carbons (Fsp3) is 0.675. The minimum absolute atomic E-state index is 0.0906. The van der Waals surface area contributed by atoms with Crippen LogP contribution in [0.3, 0.4) is 0 Å². The molecule has 0 radical (unpaired) electrons. The van der Waals surface area contributed by atoms with Gasteiger partial charge in [0, 0.05) is 19.3 Å². The second kappa shape index (κ2) is 70.0. The number of carbonyl (C=O) groups excluding carboxylic acids is 3. The van der Waals surface area contributed by atoms with Gasteiger partial charge in [0.05, 0.1) is 0 Å². The number of hydrogen-bond acceptors (Lipinski definition) is 6. The first kappa shape index (κ1) is 78.5. The molecule has 0 aliphatic heterocycles. The zero-order valence-corrected chi connectivity index (χ0v) is 54.2. The Morgan fingerprint density at radius 1 is 0.253 bits per heavy atom. The van der Waals surface area contributed by atoms with Crippen LogP contribution in [0.2, 0.25) is 0 Å². The summed E-state index contributed by atoms with van der Waals surface area (Å²) in [4.78, 5) is 38.0. The molecular weight excluding hydrogens is 1020 g/mol. The maximum atomic E-state index is 12.9. The third-order valence-electron chi connectivity index (χ3n) is 14.6. The van der Waals surface area contributed by atoms with Crippen LogP contribution in [0.1, 0.15) is 316 Å². The van der Waals surface area contributed by atoms with E-state index < -0.39 is 6.10 Å².